The van der Waals surface area contributed by atoms with Crippen LogP contribution in [0.15, 0.2) is 53.4 Å². The van der Waals surface area contributed by atoms with Gasteiger partial charge in [0.15, 0.2) is 0 Å². The van der Waals surface area contributed by atoms with Crippen LogP contribution in [-0.2, 0) is 9.84 Å². The van der Waals surface area contributed by atoms with Gasteiger partial charge in [0.05, 0.1) is 4.90 Å². The van der Waals surface area contributed by atoms with E-state index in [4.69, 9.17) is 4.74 Å². The standard InChI is InChI=1S/C14H11F3O3S/c1-10-2-4-11(5-3-10)20-12-6-8-13(9-7-12)21(18,19)14(15,16)17/h2-9H,1H3. The van der Waals surface area contributed by atoms with Gasteiger partial charge in [-0.2, -0.15) is 13.2 Å². The van der Waals surface area contributed by atoms with Gasteiger partial charge < -0.3 is 4.74 Å². The summed E-state index contributed by atoms with van der Waals surface area (Å²) in [6, 6.07) is 11.1. The summed E-state index contributed by atoms with van der Waals surface area (Å²) in [6.07, 6.45) is 0. The van der Waals surface area contributed by atoms with E-state index in [0.29, 0.717) is 5.75 Å². The monoisotopic (exact) mass is 316 g/mol. The number of ether oxygens (including phenoxy) is 1. The molecule has 0 fully saturated rings. The lowest BCUT2D eigenvalue weighted by atomic mass is 10.2. The highest BCUT2D eigenvalue weighted by Gasteiger charge is 2.46. The van der Waals surface area contributed by atoms with Crippen LogP contribution in [0.3, 0.4) is 0 Å². The first-order valence-corrected chi connectivity index (χ1v) is 7.34. The van der Waals surface area contributed by atoms with Crippen molar-refractivity contribution in [2.75, 3.05) is 0 Å². The highest BCUT2D eigenvalue weighted by atomic mass is 32.2. The topological polar surface area (TPSA) is 43.4 Å². The van der Waals surface area contributed by atoms with Gasteiger partial charge in [0, 0.05) is 0 Å². The highest BCUT2D eigenvalue weighted by Crippen LogP contribution is 2.31. The van der Waals surface area contributed by atoms with E-state index < -0.39 is 20.2 Å². The Morgan fingerprint density at radius 2 is 1.29 bits per heavy atom. The summed E-state index contributed by atoms with van der Waals surface area (Å²) in [5, 5.41) is 0. The van der Waals surface area contributed by atoms with Crippen LogP contribution >= 0.6 is 0 Å². The Hall–Kier alpha value is -2.02. The van der Waals surface area contributed by atoms with Crippen LogP contribution in [0.4, 0.5) is 13.2 Å². The molecule has 0 heterocycles. The van der Waals surface area contributed by atoms with Crippen LogP contribution in [0, 0.1) is 6.92 Å². The third-order valence-corrected chi connectivity index (χ3v) is 4.20. The first kappa shape index (κ1) is 15.4. The summed E-state index contributed by atoms with van der Waals surface area (Å²) >= 11 is 0. The van der Waals surface area contributed by atoms with E-state index in [1.54, 1.807) is 12.1 Å². The molecule has 0 unspecified atom stereocenters. The molecule has 0 N–H and O–H groups in total. The summed E-state index contributed by atoms with van der Waals surface area (Å²) in [5.74, 6) is 0.756. The second-order valence-electron chi connectivity index (χ2n) is 4.34. The van der Waals surface area contributed by atoms with Gasteiger partial charge in [0.25, 0.3) is 9.84 Å². The van der Waals surface area contributed by atoms with Crippen molar-refractivity contribution in [2.24, 2.45) is 0 Å². The second kappa shape index (κ2) is 5.40. The maximum atomic E-state index is 12.4. The third-order valence-electron chi connectivity index (χ3n) is 2.70. The number of rotatable bonds is 3. The molecule has 0 saturated heterocycles. The molecule has 0 aromatic heterocycles. The molecular formula is C14H11F3O3S. The normalized spacial score (nSPS) is 12.2. The molecule has 0 spiro atoms. The molecule has 0 bridgehead atoms. The molecule has 0 atom stereocenters. The van der Waals surface area contributed by atoms with E-state index in [0.717, 1.165) is 17.7 Å². The Kier molecular flexibility index (Phi) is 3.95. The minimum atomic E-state index is -5.33. The summed E-state index contributed by atoms with van der Waals surface area (Å²) in [5.41, 5.74) is -4.28. The molecule has 0 radical (unpaired) electrons. The lowest BCUT2D eigenvalue weighted by molar-refractivity contribution is -0.0436. The van der Waals surface area contributed by atoms with Crippen LogP contribution in [-0.4, -0.2) is 13.9 Å². The fraction of sp³-hybridized carbons (Fsp3) is 0.143. The molecule has 0 aliphatic heterocycles. The number of alkyl halides is 3. The number of hydrogen-bond acceptors (Lipinski definition) is 3. The molecule has 7 heteroatoms. The molecule has 112 valence electrons. The van der Waals surface area contributed by atoms with Gasteiger partial charge >= 0.3 is 5.51 Å². The van der Waals surface area contributed by atoms with Crippen molar-refractivity contribution in [3.05, 3.63) is 54.1 Å². The van der Waals surface area contributed by atoms with Gasteiger partial charge in [-0.25, -0.2) is 8.42 Å². The van der Waals surface area contributed by atoms with Crippen LogP contribution < -0.4 is 4.74 Å². The van der Waals surface area contributed by atoms with Crippen molar-refractivity contribution in [1.29, 1.82) is 0 Å². The van der Waals surface area contributed by atoms with Gasteiger partial charge in [0.1, 0.15) is 11.5 Å². The maximum Gasteiger partial charge on any atom is 0.501 e. The largest absolute Gasteiger partial charge is 0.501 e. The highest BCUT2D eigenvalue weighted by molar-refractivity contribution is 7.92. The third kappa shape index (κ3) is 3.36. The van der Waals surface area contributed by atoms with E-state index in [1.807, 2.05) is 19.1 Å². The van der Waals surface area contributed by atoms with Crippen LogP contribution in [0.5, 0.6) is 11.5 Å². The quantitative estimate of drug-likeness (QED) is 0.857. The lowest BCUT2D eigenvalue weighted by Gasteiger charge is -2.09. The van der Waals surface area contributed by atoms with Gasteiger partial charge in [-0.05, 0) is 43.3 Å². The molecule has 3 nitrogen and oxygen atoms in total. The molecule has 21 heavy (non-hydrogen) atoms. The first-order valence-electron chi connectivity index (χ1n) is 5.86. The Bertz CT molecular complexity index is 718. The van der Waals surface area contributed by atoms with E-state index in [-0.39, 0.29) is 5.75 Å². The Morgan fingerprint density at radius 3 is 1.71 bits per heavy atom. The molecule has 0 amide bonds. The van der Waals surface area contributed by atoms with Gasteiger partial charge in [-0.1, -0.05) is 17.7 Å². The zero-order valence-corrected chi connectivity index (χ0v) is 11.7. The summed E-state index contributed by atoms with van der Waals surface area (Å²) < 4.78 is 65.0. The van der Waals surface area contributed by atoms with E-state index in [9.17, 15) is 21.6 Å². The van der Waals surface area contributed by atoms with Crippen molar-refractivity contribution >= 4 is 9.84 Å². The Labute approximate surface area is 119 Å². The fourth-order valence-corrected chi connectivity index (χ4v) is 2.32. The zero-order chi connectivity index (χ0) is 15.7. The summed E-state index contributed by atoms with van der Waals surface area (Å²) in [6.45, 7) is 1.90. The summed E-state index contributed by atoms with van der Waals surface area (Å²) in [7, 11) is -5.33. The van der Waals surface area contributed by atoms with Gasteiger partial charge in [-0.15, -0.1) is 0 Å². The number of benzene rings is 2. The maximum absolute atomic E-state index is 12.4. The first-order chi connectivity index (χ1) is 9.70. The number of halogens is 3. The van der Waals surface area contributed by atoms with Crippen LogP contribution in [0.2, 0.25) is 0 Å². The molecular weight excluding hydrogens is 305 g/mol. The average molecular weight is 316 g/mol. The van der Waals surface area contributed by atoms with E-state index in [2.05, 4.69) is 0 Å². The Morgan fingerprint density at radius 1 is 0.857 bits per heavy atom. The van der Waals surface area contributed by atoms with Gasteiger partial charge in [-0.3, -0.25) is 0 Å². The molecule has 2 aromatic rings. The van der Waals surface area contributed by atoms with Crippen molar-refractivity contribution in [1.82, 2.24) is 0 Å². The molecule has 2 aromatic carbocycles. The second-order valence-corrected chi connectivity index (χ2v) is 6.28. The molecule has 0 saturated carbocycles. The van der Waals surface area contributed by atoms with Crippen molar-refractivity contribution in [3.8, 4) is 11.5 Å². The van der Waals surface area contributed by atoms with Crippen molar-refractivity contribution < 1.29 is 26.3 Å². The van der Waals surface area contributed by atoms with E-state index >= 15 is 0 Å². The number of hydrogen-bond donors (Lipinski definition) is 0. The number of sulfone groups is 1. The SMILES string of the molecule is Cc1ccc(Oc2ccc(S(=O)(=O)C(F)(F)F)cc2)cc1. The molecule has 2 rings (SSSR count). The predicted octanol–water partition coefficient (Wildman–Crippen LogP) is 4.08. The smallest absolute Gasteiger partial charge is 0.457 e. The zero-order valence-electron chi connectivity index (χ0n) is 10.9. The fourth-order valence-electron chi connectivity index (χ4n) is 1.56. The van der Waals surface area contributed by atoms with Crippen LogP contribution in [0.1, 0.15) is 5.56 Å². The summed E-state index contributed by atoms with van der Waals surface area (Å²) in [4.78, 5) is -0.814. The van der Waals surface area contributed by atoms with Crippen molar-refractivity contribution in [3.63, 3.8) is 0 Å². The predicted molar refractivity (Wildman–Crippen MR) is 70.9 cm³/mol. The minimum Gasteiger partial charge on any atom is -0.457 e. The van der Waals surface area contributed by atoms with Gasteiger partial charge in [0.2, 0.25) is 0 Å². The van der Waals surface area contributed by atoms with Crippen molar-refractivity contribution in [2.45, 2.75) is 17.3 Å². The minimum absolute atomic E-state index is 0.250. The molecule has 0 aliphatic rings. The Balaban J connectivity index is 2.22. The number of aryl methyl sites for hydroxylation is 1. The molecule has 0 aliphatic carbocycles. The lowest BCUT2D eigenvalue weighted by Crippen LogP contribution is -2.23. The van der Waals surface area contributed by atoms with Crippen LogP contribution in [0.25, 0.3) is 0 Å². The van der Waals surface area contributed by atoms with E-state index in [1.165, 1.54) is 12.1 Å². The average Bonchev–Trinajstić information content (AvgIpc) is 2.41.